The first kappa shape index (κ1) is 17.1. The number of nitrogens with one attached hydrogen (secondary N) is 3. The van der Waals surface area contributed by atoms with Crippen LogP contribution in [0.3, 0.4) is 0 Å². The molecule has 0 aromatic carbocycles. The van der Waals surface area contributed by atoms with Crippen molar-refractivity contribution in [1.29, 1.82) is 0 Å². The number of H-pyrrole nitrogens is 1. The van der Waals surface area contributed by atoms with Gasteiger partial charge in [-0.25, -0.2) is 4.68 Å². The first-order valence-electron chi connectivity index (χ1n) is 9.82. The van der Waals surface area contributed by atoms with Gasteiger partial charge in [-0.1, -0.05) is 0 Å². The highest BCUT2D eigenvalue weighted by Crippen LogP contribution is 2.30. The summed E-state index contributed by atoms with van der Waals surface area (Å²) in [5.74, 6) is 1.46. The smallest absolute Gasteiger partial charge is 0.274 e. The lowest BCUT2D eigenvalue weighted by Crippen LogP contribution is -2.40. The van der Waals surface area contributed by atoms with Crippen LogP contribution in [0.5, 0.6) is 0 Å². The molecule has 144 valence electrons. The van der Waals surface area contributed by atoms with Crippen LogP contribution in [0.1, 0.15) is 25.7 Å². The average molecular weight is 377 g/mol. The van der Waals surface area contributed by atoms with Gasteiger partial charge in [-0.05, 0) is 61.9 Å². The third-order valence-electron chi connectivity index (χ3n) is 5.72. The van der Waals surface area contributed by atoms with Crippen LogP contribution >= 0.6 is 0 Å². The molecule has 5 heterocycles. The maximum atomic E-state index is 12.3. The van der Waals surface area contributed by atoms with Crippen molar-refractivity contribution in [2.75, 3.05) is 11.9 Å². The van der Waals surface area contributed by atoms with Crippen LogP contribution in [-0.2, 0) is 0 Å². The third kappa shape index (κ3) is 3.43. The Hall–Kier alpha value is -3.00. The number of fused-ring (bicyclic) bond motifs is 2. The number of aromatic nitrogens is 5. The number of piperidine rings is 1. The maximum absolute atomic E-state index is 12.3. The molecule has 0 radical (unpaired) electrons. The van der Waals surface area contributed by atoms with E-state index in [4.69, 9.17) is 0 Å². The second-order valence-electron chi connectivity index (χ2n) is 7.70. The molecule has 3 aromatic heterocycles. The summed E-state index contributed by atoms with van der Waals surface area (Å²) in [6.07, 6.45) is 8.47. The molecule has 2 unspecified atom stereocenters. The predicted molar refractivity (Wildman–Crippen MR) is 106 cm³/mol. The number of pyridine rings is 1. The van der Waals surface area contributed by atoms with Crippen LogP contribution in [0.25, 0.3) is 17.1 Å². The van der Waals surface area contributed by atoms with Gasteiger partial charge in [-0.15, -0.1) is 10.2 Å². The van der Waals surface area contributed by atoms with Gasteiger partial charge >= 0.3 is 0 Å². The van der Waals surface area contributed by atoms with Crippen molar-refractivity contribution in [3.63, 3.8) is 0 Å². The zero-order chi connectivity index (χ0) is 18.9. The van der Waals surface area contributed by atoms with E-state index in [1.54, 1.807) is 24.5 Å². The van der Waals surface area contributed by atoms with Crippen LogP contribution in [0.15, 0.2) is 47.5 Å². The molecular formula is C20H23N7O. The summed E-state index contributed by atoms with van der Waals surface area (Å²) in [6.45, 7) is 0.929. The van der Waals surface area contributed by atoms with E-state index < -0.39 is 0 Å². The number of aromatic amines is 1. The predicted octanol–water partition coefficient (Wildman–Crippen LogP) is 1.96. The molecule has 2 saturated heterocycles. The standard InChI is InChI=1S/C20H23N7O/c28-20-18(27-9-1-8-22-27)6-4-16(24-20)17-5-7-19(26-25-17)21-12-13-10-14-2-3-15(11-13)23-14/h1,4-9,13-15,23H,2-3,10-12H2,(H,21,26)(H,24,28). The lowest BCUT2D eigenvalue weighted by molar-refractivity contribution is 0.311. The van der Waals surface area contributed by atoms with Gasteiger partial charge in [0.2, 0.25) is 0 Å². The van der Waals surface area contributed by atoms with E-state index in [-0.39, 0.29) is 5.56 Å². The van der Waals surface area contributed by atoms with Crippen molar-refractivity contribution in [2.24, 2.45) is 5.92 Å². The number of nitrogens with zero attached hydrogens (tertiary/aromatic N) is 4. The van der Waals surface area contributed by atoms with E-state index in [1.165, 1.54) is 30.4 Å². The van der Waals surface area contributed by atoms with Gasteiger partial charge in [-0.3, -0.25) is 4.79 Å². The molecule has 3 N–H and O–H groups in total. The Kier molecular flexibility index (Phi) is 4.40. The third-order valence-corrected chi connectivity index (χ3v) is 5.72. The average Bonchev–Trinajstić information content (AvgIpc) is 3.36. The number of hydrogen-bond donors (Lipinski definition) is 3. The summed E-state index contributed by atoms with van der Waals surface area (Å²) in [5, 5.41) is 19.7. The topological polar surface area (TPSA) is 101 Å². The van der Waals surface area contributed by atoms with Gasteiger partial charge in [0.25, 0.3) is 5.56 Å². The zero-order valence-electron chi connectivity index (χ0n) is 15.5. The highest BCUT2D eigenvalue weighted by atomic mass is 16.1. The van der Waals surface area contributed by atoms with E-state index in [0.29, 0.717) is 35.1 Å². The molecule has 3 aromatic rings. The molecule has 2 aliphatic rings. The van der Waals surface area contributed by atoms with Crippen molar-refractivity contribution in [3.8, 4) is 17.1 Å². The number of hydrogen-bond acceptors (Lipinski definition) is 6. The summed E-state index contributed by atoms with van der Waals surface area (Å²) in [6, 6.07) is 10.5. The van der Waals surface area contributed by atoms with Gasteiger partial charge in [0, 0.05) is 31.0 Å². The van der Waals surface area contributed by atoms with Gasteiger partial charge in [0.15, 0.2) is 0 Å². The minimum Gasteiger partial charge on any atom is -0.368 e. The highest BCUT2D eigenvalue weighted by Gasteiger charge is 2.33. The summed E-state index contributed by atoms with van der Waals surface area (Å²) in [4.78, 5) is 15.2. The van der Waals surface area contributed by atoms with Crippen molar-refractivity contribution >= 4 is 5.82 Å². The number of rotatable bonds is 5. The Bertz CT molecular complexity index is 984. The molecule has 0 spiro atoms. The fourth-order valence-corrected chi connectivity index (χ4v) is 4.37. The Morgan fingerprint density at radius 1 is 1.11 bits per heavy atom. The van der Waals surface area contributed by atoms with E-state index >= 15 is 0 Å². The van der Waals surface area contributed by atoms with Crippen LogP contribution in [0.2, 0.25) is 0 Å². The van der Waals surface area contributed by atoms with Crippen LogP contribution in [0.4, 0.5) is 5.82 Å². The van der Waals surface area contributed by atoms with E-state index in [2.05, 4.69) is 30.9 Å². The van der Waals surface area contributed by atoms with Gasteiger partial charge in [-0.2, -0.15) is 5.10 Å². The molecule has 2 atom stereocenters. The maximum Gasteiger partial charge on any atom is 0.274 e. The van der Waals surface area contributed by atoms with Crippen molar-refractivity contribution in [2.45, 2.75) is 37.8 Å². The van der Waals surface area contributed by atoms with E-state index in [9.17, 15) is 4.79 Å². The fourth-order valence-electron chi connectivity index (χ4n) is 4.37. The highest BCUT2D eigenvalue weighted by molar-refractivity contribution is 5.56. The second-order valence-corrected chi connectivity index (χ2v) is 7.70. The first-order chi connectivity index (χ1) is 13.7. The van der Waals surface area contributed by atoms with Crippen LogP contribution in [0, 0.1) is 5.92 Å². The Morgan fingerprint density at radius 2 is 1.96 bits per heavy atom. The Morgan fingerprint density at radius 3 is 2.64 bits per heavy atom. The molecule has 8 heteroatoms. The minimum absolute atomic E-state index is 0.217. The van der Waals surface area contributed by atoms with Crippen molar-refractivity contribution < 1.29 is 0 Å². The van der Waals surface area contributed by atoms with Crippen LogP contribution < -0.4 is 16.2 Å². The lowest BCUT2D eigenvalue weighted by Gasteiger charge is -2.29. The SMILES string of the molecule is O=c1[nH]c(-c2ccc(NCC3CC4CCC(C3)N4)nn2)ccc1-n1cccn1. The molecule has 0 aliphatic carbocycles. The molecule has 0 saturated carbocycles. The molecule has 2 fully saturated rings. The molecule has 8 nitrogen and oxygen atoms in total. The number of anilines is 1. The summed E-state index contributed by atoms with van der Waals surface area (Å²) < 4.78 is 1.54. The normalized spacial score (nSPS) is 23.6. The van der Waals surface area contributed by atoms with Crippen LogP contribution in [-0.4, -0.2) is 43.6 Å². The summed E-state index contributed by atoms with van der Waals surface area (Å²) in [7, 11) is 0. The van der Waals surface area contributed by atoms with E-state index in [1.807, 2.05) is 18.2 Å². The molecular weight excluding hydrogens is 354 g/mol. The molecule has 0 amide bonds. The van der Waals surface area contributed by atoms with E-state index in [0.717, 1.165) is 12.4 Å². The first-order valence-corrected chi connectivity index (χ1v) is 9.82. The molecule has 28 heavy (non-hydrogen) atoms. The van der Waals surface area contributed by atoms with Gasteiger partial charge in [0.1, 0.15) is 17.2 Å². The minimum atomic E-state index is -0.217. The largest absolute Gasteiger partial charge is 0.368 e. The monoisotopic (exact) mass is 377 g/mol. The van der Waals surface area contributed by atoms with Gasteiger partial charge < -0.3 is 15.6 Å². The molecule has 2 bridgehead atoms. The summed E-state index contributed by atoms with van der Waals surface area (Å²) >= 11 is 0. The lowest BCUT2D eigenvalue weighted by atomic mass is 9.92. The van der Waals surface area contributed by atoms with Gasteiger partial charge in [0.05, 0.1) is 5.69 Å². The quantitative estimate of drug-likeness (QED) is 0.628. The molecule has 2 aliphatic heterocycles. The zero-order valence-corrected chi connectivity index (χ0v) is 15.5. The Balaban J connectivity index is 1.25. The van der Waals surface area contributed by atoms with Crippen molar-refractivity contribution in [3.05, 3.63) is 53.1 Å². The fraction of sp³-hybridized carbons (Fsp3) is 0.400. The Labute approximate surface area is 162 Å². The van der Waals surface area contributed by atoms with Crippen molar-refractivity contribution in [1.82, 2.24) is 30.3 Å². The summed E-state index contributed by atoms with van der Waals surface area (Å²) in [5.41, 5.74) is 1.52. The molecule has 5 rings (SSSR count). The second kappa shape index (κ2) is 7.20.